The number of rotatable bonds is 5. The van der Waals surface area contributed by atoms with Gasteiger partial charge in [0.15, 0.2) is 0 Å². The maximum Gasteiger partial charge on any atom is 0.342 e. The number of carbonyl (C=O) groups excluding carboxylic acids is 2. The van der Waals surface area contributed by atoms with Crippen molar-refractivity contribution in [1.29, 1.82) is 0 Å². The van der Waals surface area contributed by atoms with Gasteiger partial charge in [0.1, 0.15) is 12.1 Å². The summed E-state index contributed by atoms with van der Waals surface area (Å²) in [5.41, 5.74) is 5.11. The summed E-state index contributed by atoms with van der Waals surface area (Å²) >= 11 is 0. The van der Waals surface area contributed by atoms with Gasteiger partial charge in [-0.3, -0.25) is 9.59 Å². The minimum Gasteiger partial charge on any atom is -0.480 e. The summed E-state index contributed by atoms with van der Waals surface area (Å²) in [6.45, 7) is 1.15. The Bertz CT molecular complexity index is 267. The summed E-state index contributed by atoms with van der Waals surface area (Å²) in [5, 5.41) is 17.1. The molecule has 0 saturated heterocycles. The predicted molar refractivity (Wildman–Crippen MR) is 47.6 cm³/mol. The van der Waals surface area contributed by atoms with Gasteiger partial charge in [0.2, 0.25) is 0 Å². The first kappa shape index (κ1) is 17.5. The second kappa shape index (κ2) is 8.24. The number of carboxylic acids is 1. The zero-order chi connectivity index (χ0) is 12.0. The van der Waals surface area contributed by atoms with E-state index in [2.05, 4.69) is 4.74 Å². The molecule has 0 amide bonds. The number of aliphatic hydroxyl groups excluding tert-OH is 1. The van der Waals surface area contributed by atoms with E-state index >= 15 is 0 Å². The van der Waals surface area contributed by atoms with Crippen LogP contribution >= 0.6 is 0 Å². The first-order valence-electron chi connectivity index (χ1n) is 4.25. The van der Waals surface area contributed by atoms with Gasteiger partial charge < -0.3 is 20.7 Å². The SMILES string of the molecule is CC(O)C(=O)OC(=O)CC[C@H](N)C(=O)O.[Cr]. The Morgan fingerprint density at radius 3 is 2.25 bits per heavy atom. The molecule has 0 aromatic carbocycles. The van der Waals surface area contributed by atoms with Crippen LogP contribution in [0.15, 0.2) is 0 Å². The smallest absolute Gasteiger partial charge is 0.342 e. The average Bonchev–Trinajstić information content (AvgIpc) is 2.13. The first-order valence-corrected chi connectivity index (χ1v) is 4.25. The number of aliphatic carboxylic acids is 1. The molecule has 0 saturated carbocycles. The van der Waals surface area contributed by atoms with Gasteiger partial charge in [-0.2, -0.15) is 0 Å². The molecule has 0 aromatic heterocycles. The zero-order valence-corrected chi connectivity index (χ0v) is 9.86. The molecule has 7 nitrogen and oxygen atoms in total. The Kier molecular flexibility index (Phi) is 8.99. The van der Waals surface area contributed by atoms with Gasteiger partial charge in [-0.1, -0.05) is 0 Å². The third kappa shape index (κ3) is 7.37. The van der Waals surface area contributed by atoms with Gasteiger partial charge in [-0.25, -0.2) is 4.79 Å². The van der Waals surface area contributed by atoms with Crippen molar-refractivity contribution in [1.82, 2.24) is 0 Å². The summed E-state index contributed by atoms with van der Waals surface area (Å²) in [4.78, 5) is 31.8. The van der Waals surface area contributed by atoms with E-state index in [1.807, 2.05) is 0 Å². The zero-order valence-electron chi connectivity index (χ0n) is 8.58. The van der Waals surface area contributed by atoms with E-state index in [0.717, 1.165) is 6.92 Å². The molecule has 8 heteroatoms. The number of carboxylic acid groups (broad SMARTS) is 1. The molecule has 0 radical (unpaired) electrons. The van der Waals surface area contributed by atoms with E-state index < -0.39 is 30.1 Å². The van der Waals surface area contributed by atoms with Crippen molar-refractivity contribution in [3.05, 3.63) is 0 Å². The molecule has 16 heavy (non-hydrogen) atoms. The minimum atomic E-state index is -1.39. The van der Waals surface area contributed by atoms with Crippen molar-refractivity contribution in [2.24, 2.45) is 5.73 Å². The van der Waals surface area contributed by atoms with Crippen LogP contribution in [0.25, 0.3) is 0 Å². The van der Waals surface area contributed by atoms with Gasteiger partial charge >= 0.3 is 17.9 Å². The first-order chi connectivity index (χ1) is 6.84. The number of esters is 2. The van der Waals surface area contributed by atoms with Crippen LogP contribution in [0.2, 0.25) is 0 Å². The molecule has 0 aliphatic rings. The summed E-state index contributed by atoms with van der Waals surface area (Å²) < 4.78 is 4.17. The predicted octanol–water partition coefficient (Wildman–Crippen LogP) is -1.37. The molecule has 0 fully saturated rings. The molecular formula is C8H13CrNO6. The molecule has 0 aliphatic carbocycles. The van der Waals surface area contributed by atoms with Crippen LogP contribution in [0, 0.1) is 0 Å². The number of hydrogen-bond donors (Lipinski definition) is 3. The quantitative estimate of drug-likeness (QED) is 0.415. The number of ether oxygens (including phenoxy) is 1. The Labute approximate surface area is 103 Å². The average molecular weight is 271 g/mol. The normalized spacial score (nSPS) is 13.2. The van der Waals surface area contributed by atoms with Crippen molar-refractivity contribution in [3.8, 4) is 0 Å². The number of nitrogens with two attached hydrogens (primary N) is 1. The molecule has 4 N–H and O–H groups in total. The molecule has 2 atom stereocenters. The van der Waals surface area contributed by atoms with E-state index in [4.69, 9.17) is 15.9 Å². The Hall–Kier alpha value is -0.938. The summed E-state index contributed by atoms with van der Waals surface area (Å²) in [7, 11) is 0. The summed E-state index contributed by atoms with van der Waals surface area (Å²) in [5.74, 6) is -3.20. The standard InChI is InChI=1S/C8H13NO6.Cr/c1-4(10)8(14)15-6(11)3-2-5(9)7(12)13;/h4-5,10H,2-3,9H2,1H3,(H,12,13);/t4?,5-;/m0./s1. The van der Waals surface area contributed by atoms with Crippen LogP contribution in [0.5, 0.6) is 0 Å². The largest absolute Gasteiger partial charge is 0.480 e. The minimum absolute atomic E-state index is 0. The second-order valence-electron chi connectivity index (χ2n) is 2.95. The van der Waals surface area contributed by atoms with Gasteiger partial charge in [-0.15, -0.1) is 0 Å². The summed E-state index contributed by atoms with van der Waals surface area (Å²) in [6.07, 6.45) is -1.80. The van der Waals surface area contributed by atoms with E-state index in [-0.39, 0.29) is 30.2 Å². The van der Waals surface area contributed by atoms with Crippen molar-refractivity contribution in [2.75, 3.05) is 0 Å². The van der Waals surface area contributed by atoms with Gasteiger partial charge in [0.25, 0.3) is 0 Å². The fourth-order valence-corrected chi connectivity index (χ4v) is 0.645. The van der Waals surface area contributed by atoms with Gasteiger partial charge in [-0.05, 0) is 13.3 Å². The maximum atomic E-state index is 10.9. The van der Waals surface area contributed by atoms with Gasteiger partial charge in [0, 0.05) is 23.8 Å². The molecule has 0 rings (SSSR count). The van der Waals surface area contributed by atoms with E-state index in [1.54, 1.807) is 0 Å². The van der Waals surface area contributed by atoms with Crippen LogP contribution in [0.3, 0.4) is 0 Å². The topological polar surface area (TPSA) is 127 Å². The maximum absolute atomic E-state index is 10.9. The Balaban J connectivity index is 0. The molecular weight excluding hydrogens is 258 g/mol. The van der Waals surface area contributed by atoms with Crippen LogP contribution < -0.4 is 5.73 Å². The van der Waals surface area contributed by atoms with E-state index in [0.29, 0.717) is 0 Å². The molecule has 0 bridgehead atoms. The van der Waals surface area contributed by atoms with Crippen LogP contribution in [0.4, 0.5) is 0 Å². The monoisotopic (exact) mass is 271 g/mol. The third-order valence-electron chi connectivity index (χ3n) is 1.53. The van der Waals surface area contributed by atoms with Crippen molar-refractivity contribution >= 4 is 17.9 Å². The second-order valence-corrected chi connectivity index (χ2v) is 2.95. The molecule has 92 valence electrons. The molecule has 0 spiro atoms. The van der Waals surface area contributed by atoms with Crippen LogP contribution in [-0.4, -0.2) is 40.3 Å². The molecule has 0 aliphatic heterocycles. The number of aliphatic hydroxyl groups is 1. The molecule has 1 unspecified atom stereocenters. The van der Waals surface area contributed by atoms with Gasteiger partial charge in [0.05, 0.1) is 0 Å². The summed E-state index contributed by atoms with van der Waals surface area (Å²) in [6, 6.07) is -1.17. The Morgan fingerprint density at radius 2 is 1.88 bits per heavy atom. The van der Waals surface area contributed by atoms with Crippen molar-refractivity contribution < 1.29 is 46.7 Å². The van der Waals surface area contributed by atoms with Crippen molar-refractivity contribution in [3.63, 3.8) is 0 Å². The molecule has 0 heterocycles. The number of carbonyl (C=O) groups is 3. The molecule has 0 aromatic rings. The van der Waals surface area contributed by atoms with Crippen molar-refractivity contribution in [2.45, 2.75) is 31.9 Å². The van der Waals surface area contributed by atoms with Crippen LogP contribution in [-0.2, 0) is 36.5 Å². The van der Waals surface area contributed by atoms with Crippen LogP contribution in [0.1, 0.15) is 19.8 Å². The van der Waals surface area contributed by atoms with E-state index in [9.17, 15) is 14.4 Å². The Morgan fingerprint density at radius 1 is 1.38 bits per heavy atom. The van der Waals surface area contributed by atoms with E-state index in [1.165, 1.54) is 0 Å². The fourth-order valence-electron chi connectivity index (χ4n) is 0.645. The third-order valence-corrected chi connectivity index (χ3v) is 1.53. The fraction of sp³-hybridized carbons (Fsp3) is 0.625. The number of hydrogen-bond acceptors (Lipinski definition) is 6.